The van der Waals surface area contributed by atoms with Crippen LogP contribution in [0.2, 0.25) is 0 Å². The van der Waals surface area contributed by atoms with E-state index in [1.807, 2.05) is 0 Å². The molecule has 0 radical (unpaired) electrons. The van der Waals surface area contributed by atoms with Gasteiger partial charge in [0.2, 0.25) is 11.7 Å². The van der Waals surface area contributed by atoms with Gasteiger partial charge in [0.1, 0.15) is 11.9 Å². The maximum absolute atomic E-state index is 12.8. The molecule has 7 heteroatoms. The summed E-state index contributed by atoms with van der Waals surface area (Å²) in [6.45, 7) is 2.12. The van der Waals surface area contributed by atoms with Crippen LogP contribution in [0.25, 0.3) is 0 Å². The number of hydrogen-bond acceptors (Lipinski definition) is 4. The predicted molar refractivity (Wildman–Crippen MR) is 73.2 cm³/mol. The zero-order valence-electron chi connectivity index (χ0n) is 12.2. The van der Waals surface area contributed by atoms with Crippen molar-refractivity contribution >= 4 is 5.82 Å². The van der Waals surface area contributed by atoms with E-state index < -0.39 is 12.0 Å². The average Bonchev–Trinajstić information content (AvgIpc) is 2.46. The number of ether oxygens (including phenoxy) is 1. The van der Waals surface area contributed by atoms with E-state index in [-0.39, 0.29) is 17.8 Å². The second kappa shape index (κ2) is 6.49. The molecule has 1 heterocycles. The maximum Gasteiger partial charge on any atom is 0.451 e. The van der Waals surface area contributed by atoms with Crippen molar-refractivity contribution < 1.29 is 17.9 Å². The van der Waals surface area contributed by atoms with Crippen LogP contribution in [0.15, 0.2) is 6.07 Å². The van der Waals surface area contributed by atoms with E-state index in [0.717, 1.165) is 32.1 Å². The number of rotatable bonds is 4. The molecule has 2 atom stereocenters. The van der Waals surface area contributed by atoms with E-state index in [0.29, 0.717) is 5.92 Å². The largest absolute Gasteiger partial charge is 0.474 e. The highest BCUT2D eigenvalue weighted by Gasteiger charge is 2.36. The van der Waals surface area contributed by atoms with Crippen LogP contribution in [-0.2, 0) is 6.18 Å². The van der Waals surface area contributed by atoms with Gasteiger partial charge < -0.3 is 10.1 Å². The van der Waals surface area contributed by atoms with Gasteiger partial charge in [-0.25, -0.2) is 4.98 Å². The predicted octanol–water partition coefficient (Wildman–Crippen LogP) is 3.88. The van der Waals surface area contributed by atoms with Crippen molar-refractivity contribution in [1.82, 2.24) is 9.97 Å². The first-order valence-corrected chi connectivity index (χ1v) is 7.23. The minimum Gasteiger partial charge on any atom is -0.474 e. The average molecular weight is 303 g/mol. The Kier molecular flexibility index (Phi) is 4.90. The second-order valence-corrected chi connectivity index (χ2v) is 5.34. The molecule has 1 aliphatic carbocycles. The van der Waals surface area contributed by atoms with Gasteiger partial charge in [-0.15, -0.1) is 0 Å². The summed E-state index contributed by atoms with van der Waals surface area (Å²) in [7, 11) is 1.51. The van der Waals surface area contributed by atoms with Crippen molar-refractivity contribution in [2.45, 2.75) is 51.3 Å². The third-order valence-electron chi connectivity index (χ3n) is 3.81. The van der Waals surface area contributed by atoms with Crippen LogP contribution in [0.4, 0.5) is 19.0 Å². The second-order valence-electron chi connectivity index (χ2n) is 5.34. The lowest BCUT2D eigenvalue weighted by Gasteiger charge is -2.28. The quantitative estimate of drug-likeness (QED) is 0.917. The highest BCUT2D eigenvalue weighted by molar-refractivity contribution is 5.38. The smallest absolute Gasteiger partial charge is 0.451 e. The fourth-order valence-electron chi connectivity index (χ4n) is 2.63. The number of hydrogen-bond donors (Lipinski definition) is 1. The lowest BCUT2D eigenvalue weighted by Crippen LogP contribution is -2.26. The standard InChI is InChI=1S/C14H20F3N3O/c1-3-9-5-4-6-10(7-9)21-12-8-11(18-2)19-13(20-12)14(15,16)17/h8-10H,3-7H2,1-2H3,(H,18,19,20). The van der Waals surface area contributed by atoms with Crippen LogP contribution in [0.5, 0.6) is 5.88 Å². The summed E-state index contributed by atoms with van der Waals surface area (Å²) in [4.78, 5) is 6.92. The van der Waals surface area contributed by atoms with Crippen LogP contribution in [-0.4, -0.2) is 23.1 Å². The van der Waals surface area contributed by atoms with Crippen LogP contribution < -0.4 is 10.1 Å². The summed E-state index contributed by atoms with van der Waals surface area (Å²) < 4.78 is 44.0. The first kappa shape index (κ1) is 15.9. The van der Waals surface area contributed by atoms with Crippen molar-refractivity contribution in [3.63, 3.8) is 0 Å². The highest BCUT2D eigenvalue weighted by atomic mass is 19.4. The Morgan fingerprint density at radius 3 is 2.71 bits per heavy atom. The summed E-state index contributed by atoms with van der Waals surface area (Å²) in [5.41, 5.74) is 0. The van der Waals surface area contributed by atoms with Crippen molar-refractivity contribution in [1.29, 1.82) is 0 Å². The number of nitrogens with zero attached hydrogens (tertiary/aromatic N) is 2. The zero-order valence-corrected chi connectivity index (χ0v) is 12.2. The van der Waals surface area contributed by atoms with Crippen molar-refractivity contribution in [3.05, 3.63) is 11.9 Å². The Labute approximate surface area is 122 Å². The molecule has 1 aromatic rings. The molecule has 2 rings (SSSR count). The summed E-state index contributed by atoms with van der Waals surface area (Å²) >= 11 is 0. The summed E-state index contributed by atoms with van der Waals surface area (Å²) in [5, 5.41) is 2.61. The summed E-state index contributed by atoms with van der Waals surface area (Å²) in [6, 6.07) is 1.41. The highest BCUT2D eigenvalue weighted by Crippen LogP contribution is 2.32. The van der Waals surface area contributed by atoms with Gasteiger partial charge >= 0.3 is 6.18 Å². The number of anilines is 1. The van der Waals surface area contributed by atoms with Crippen LogP contribution in [0.3, 0.4) is 0 Å². The lowest BCUT2D eigenvalue weighted by molar-refractivity contribution is -0.145. The van der Waals surface area contributed by atoms with Gasteiger partial charge in [-0.3, -0.25) is 0 Å². The van der Waals surface area contributed by atoms with Gasteiger partial charge in [0, 0.05) is 13.1 Å². The van der Waals surface area contributed by atoms with E-state index in [4.69, 9.17) is 4.74 Å². The molecule has 0 amide bonds. The molecule has 1 N–H and O–H groups in total. The Hall–Kier alpha value is -1.53. The monoisotopic (exact) mass is 303 g/mol. The zero-order chi connectivity index (χ0) is 15.5. The summed E-state index contributed by atoms with van der Waals surface area (Å²) in [5.74, 6) is -0.498. The number of alkyl halides is 3. The van der Waals surface area contributed by atoms with E-state index >= 15 is 0 Å². The first-order valence-electron chi connectivity index (χ1n) is 7.23. The molecule has 0 aliphatic heterocycles. The van der Waals surface area contributed by atoms with E-state index in [1.165, 1.54) is 13.1 Å². The van der Waals surface area contributed by atoms with Crippen LogP contribution in [0.1, 0.15) is 44.9 Å². The van der Waals surface area contributed by atoms with Crippen LogP contribution in [0, 0.1) is 5.92 Å². The Morgan fingerprint density at radius 2 is 2.10 bits per heavy atom. The molecule has 0 saturated heterocycles. The minimum absolute atomic E-state index is 0.0107. The molecule has 21 heavy (non-hydrogen) atoms. The maximum atomic E-state index is 12.8. The van der Waals surface area contributed by atoms with Gasteiger partial charge in [-0.05, 0) is 25.2 Å². The van der Waals surface area contributed by atoms with Gasteiger partial charge in [-0.1, -0.05) is 19.8 Å². The van der Waals surface area contributed by atoms with Crippen LogP contribution >= 0.6 is 0 Å². The van der Waals surface area contributed by atoms with Crippen molar-refractivity contribution in [2.75, 3.05) is 12.4 Å². The van der Waals surface area contributed by atoms with Gasteiger partial charge in [0.05, 0.1) is 0 Å². The number of halogens is 3. The van der Waals surface area contributed by atoms with Crippen molar-refractivity contribution in [2.24, 2.45) is 5.92 Å². The third-order valence-corrected chi connectivity index (χ3v) is 3.81. The molecule has 0 spiro atoms. The van der Waals surface area contributed by atoms with E-state index in [1.54, 1.807) is 0 Å². The SMILES string of the molecule is CCC1CCCC(Oc2cc(NC)nc(C(F)(F)F)n2)C1. The molecule has 118 valence electrons. The van der Waals surface area contributed by atoms with Gasteiger partial charge in [0.25, 0.3) is 0 Å². The third kappa shape index (κ3) is 4.22. The molecule has 2 unspecified atom stereocenters. The topological polar surface area (TPSA) is 47.0 Å². The van der Waals surface area contributed by atoms with Gasteiger partial charge in [-0.2, -0.15) is 18.2 Å². The lowest BCUT2D eigenvalue weighted by atomic mass is 9.85. The fraction of sp³-hybridized carbons (Fsp3) is 0.714. The molecular formula is C14H20F3N3O. The fourth-order valence-corrected chi connectivity index (χ4v) is 2.63. The van der Waals surface area contributed by atoms with E-state index in [2.05, 4.69) is 22.2 Å². The summed E-state index contributed by atoms with van der Waals surface area (Å²) in [6.07, 6.45) is 0.356. The normalized spacial score (nSPS) is 22.9. The van der Waals surface area contributed by atoms with Gasteiger partial charge in [0.15, 0.2) is 0 Å². The molecule has 0 aromatic carbocycles. The molecule has 1 fully saturated rings. The number of aromatic nitrogens is 2. The molecule has 1 aliphatic rings. The van der Waals surface area contributed by atoms with Crippen molar-refractivity contribution in [3.8, 4) is 5.88 Å². The Bertz CT molecular complexity index is 479. The Balaban J connectivity index is 2.15. The molecule has 0 bridgehead atoms. The Morgan fingerprint density at radius 1 is 1.33 bits per heavy atom. The molecule has 1 aromatic heterocycles. The first-order chi connectivity index (χ1) is 9.92. The van der Waals surface area contributed by atoms with E-state index in [9.17, 15) is 13.2 Å². The minimum atomic E-state index is -4.58. The molecule has 4 nitrogen and oxygen atoms in total. The number of nitrogens with one attached hydrogen (secondary N) is 1. The molecular weight excluding hydrogens is 283 g/mol. The molecule has 1 saturated carbocycles.